The van der Waals surface area contributed by atoms with Crippen molar-refractivity contribution in [3.8, 4) is 0 Å². The molecular weight excluding hydrogens is 436 g/mol. The van der Waals surface area contributed by atoms with Crippen molar-refractivity contribution >= 4 is 28.5 Å². The number of allylic oxidation sites excluding steroid dienone is 7. The van der Waals surface area contributed by atoms with E-state index in [2.05, 4.69) is 82.7 Å². The number of hydrogen-bond acceptors (Lipinski definition) is 5. The van der Waals surface area contributed by atoms with E-state index in [4.69, 9.17) is 4.98 Å². The highest BCUT2D eigenvalue weighted by Crippen LogP contribution is 2.41. The summed E-state index contributed by atoms with van der Waals surface area (Å²) in [6, 6.07) is 2.20. The monoisotopic (exact) mass is 470 g/mol. The molecule has 35 heavy (non-hydrogen) atoms. The third-order valence-electron chi connectivity index (χ3n) is 7.52. The number of nitrogens with one attached hydrogen (secondary N) is 2. The van der Waals surface area contributed by atoms with Crippen molar-refractivity contribution in [2.24, 2.45) is 5.92 Å². The molecule has 5 N–H and O–H groups in total. The molecule has 3 aliphatic rings. The van der Waals surface area contributed by atoms with Gasteiger partial charge in [-0.05, 0) is 43.4 Å². The van der Waals surface area contributed by atoms with E-state index in [0.29, 0.717) is 30.6 Å². The van der Waals surface area contributed by atoms with Crippen molar-refractivity contribution in [2.75, 3.05) is 18.4 Å². The van der Waals surface area contributed by atoms with Crippen LogP contribution in [0.2, 0.25) is 0 Å². The zero-order valence-electron chi connectivity index (χ0n) is 20.4. The summed E-state index contributed by atoms with van der Waals surface area (Å²) in [5.74, 6) is 0.967. The molecule has 2 aromatic heterocycles. The number of aromatic nitrogens is 3. The second-order valence-electron chi connectivity index (χ2n) is 10.0. The van der Waals surface area contributed by atoms with Crippen LogP contribution in [0.1, 0.15) is 56.2 Å². The molecule has 0 bridgehead atoms. The number of carbonyl (C=O) groups is 1. The van der Waals surface area contributed by atoms with Crippen molar-refractivity contribution < 1.29 is 10.5 Å². The first-order valence-electron chi connectivity index (χ1n) is 12.5. The van der Waals surface area contributed by atoms with Crippen LogP contribution in [0.5, 0.6) is 0 Å². The zero-order valence-corrected chi connectivity index (χ0v) is 20.4. The third-order valence-corrected chi connectivity index (χ3v) is 7.52. The number of fused-ring (bicyclic) bond motifs is 1. The molecule has 3 aliphatic carbocycles. The maximum absolute atomic E-state index is 11.0. The first kappa shape index (κ1) is 23.3. The van der Waals surface area contributed by atoms with Crippen molar-refractivity contribution in [3.63, 3.8) is 0 Å². The molecule has 0 spiro atoms. The summed E-state index contributed by atoms with van der Waals surface area (Å²) in [6.45, 7) is 6.42. The Kier molecular flexibility index (Phi) is 6.43. The Morgan fingerprint density at radius 3 is 2.69 bits per heavy atom. The van der Waals surface area contributed by atoms with Crippen LogP contribution in [0.15, 0.2) is 54.3 Å². The van der Waals surface area contributed by atoms with Gasteiger partial charge in [-0.1, -0.05) is 42.0 Å². The molecule has 1 fully saturated rings. The van der Waals surface area contributed by atoms with Crippen LogP contribution in [0, 0.1) is 12.8 Å². The maximum atomic E-state index is 11.0. The predicted octanol–water partition coefficient (Wildman–Crippen LogP) is 3.50. The molecule has 1 amide bonds. The molecule has 2 heterocycles. The normalized spacial score (nSPS) is 22.8. The van der Waals surface area contributed by atoms with E-state index in [-0.39, 0.29) is 17.4 Å². The third kappa shape index (κ3) is 5.00. The molecule has 2 atom stereocenters. The minimum absolute atomic E-state index is 0.202. The van der Waals surface area contributed by atoms with E-state index in [0.717, 1.165) is 29.5 Å². The first-order chi connectivity index (χ1) is 16.9. The van der Waals surface area contributed by atoms with E-state index >= 15 is 0 Å². The van der Waals surface area contributed by atoms with E-state index in [9.17, 15) is 4.79 Å². The fourth-order valence-corrected chi connectivity index (χ4v) is 5.16. The van der Waals surface area contributed by atoms with E-state index in [1.165, 1.54) is 30.4 Å². The standard InChI is InChI=1S/C28H32N6O/c1-18-4-6-20(7-5-18)24-16-22-17-32-27(31-15-14-30-19(2)35)34-26(22)33-25(24)21-8-10-23(11-9-21)28(29)12-3-13-28/h4-6,8-10,16-17,20,23H,2-3,7,11-15,29H2,1H3,(H-,30,31,32,33,34,35)/p+2. The van der Waals surface area contributed by atoms with Gasteiger partial charge in [-0.3, -0.25) is 0 Å². The summed E-state index contributed by atoms with van der Waals surface area (Å²) < 4.78 is 0. The number of carbonyl (C=O) groups excluding carboxylic acids is 1. The Morgan fingerprint density at radius 2 is 2.03 bits per heavy atom. The molecule has 180 valence electrons. The highest BCUT2D eigenvalue weighted by molar-refractivity contribution is 5.83. The van der Waals surface area contributed by atoms with Crippen molar-refractivity contribution in [2.45, 2.75) is 50.5 Å². The topological polar surface area (TPSA) is 107 Å². The highest BCUT2D eigenvalue weighted by Gasteiger charge is 2.43. The average molecular weight is 471 g/mol. The Labute approximate surface area is 206 Å². The lowest BCUT2D eigenvalue weighted by molar-refractivity contribution is -0.509. The van der Waals surface area contributed by atoms with Gasteiger partial charge in [-0.15, -0.1) is 0 Å². The second-order valence-corrected chi connectivity index (χ2v) is 10.0. The van der Waals surface area contributed by atoms with Crippen molar-refractivity contribution in [3.05, 3.63) is 72.5 Å². The van der Waals surface area contributed by atoms with Crippen LogP contribution in [0.3, 0.4) is 0 Å². The van der Waals surface area contributed by atoms with Crippen molar-refractivity contribution in [1.29, 1.82) is 0 Å². The van der Waals surface area contributed by atoms with E-state index in [1.54, 1.807) is 0 Å². The van der Waals surface area contributed by atoms with Gasteiger partial charge in [0.15, 0.2) is 12.6 Å². The van der Waals surface area contributed by atoms with Crippen LogP contribution in [-0.2, 0) is 4.79 Å². The number of amides is 1. The molecule has 7 nitrogen and oxygen atoms in total. The summed E-state index contributed by atoms with van der Waals surface area (Å²) in [4.78, 5) is 25.2. The lowest BCUT2D eigenvalue weighted by Crippen LogP contribution is -2.78. The van der Waals surface area contributed by atoms with Gasteiger partial charge in [-0.2, -0.15) is 4.98 Å². The summed E-state index contributed by atoms with van der Waals surface area (Å²) in [7, 11) is 0. The highest BCUT2D eigenvalue weighted by atomic mass is 16.1. The summed E-state index contributed by atoms with van der Waals surface area (Å²) in [6.07, 6.45) is 21.2. The van der Waals surface area contributed by atoms with Crippen molar-refractivity contribution in [1.82, 2.24) is 20.3 Å². The fraction of sp³-hybridized carbons (Fsp3) is 0.393. The summed E-state index contributed by atoms with van der Waals surface area (Å²) in [5, 5.41) is 6.73. The molecule has 2 aromatic rings. The van der Waals surface area contributed by atoms with Gasteiger partial charge in [0.05, 0.1) is 5.69 Å². The zero-order chi connectivity index (χ0) is 24.4. The number of nitrogens with zero attached hydrogens (tertiary/aromatic N) is 3. The Balaban J connectivity index is 1.45. The molecule has 5 rings (SSSR count). The number of quaternary nitrogens is 1. The smallest absolute Gasteiger partial charge is 0.352 e. The molecular formula is C28H34N6O+2. The molecule has 0 saturated heterocycles. The van der Waals surface area contributed by atoms with Gasteiger partial charge < -0.3 is 16.4 Å². The largest absolute Gasteiger partial charge is 0.399 e. The van der Waals surface area contributed by atoms with Gasteiger partial charge in [0.2, 0.25) is 5.95 Å². The molecule has 0 radical (unpaired) electrons. The Morgan fingerprint density at radius 1 is 1.17 bits per heavy atom. The second kappa shape index (κ2) is 9.66. The minimum Gasteiger partial charge on any atom is -0.352 e. The minimum atomic E-state index is -0.301. The molecule has 0 aliphatic heterocycles. The van der Waals surface area contributed by atoms with E-state index < -0.39 is 0 Å². The number of hydrogen-bond donors (Lipinski definition) is 3. The van der Waals surface area contributed by atoms with Gasteiger partial charge in [0, 0.05) is 49.4 Å². The SMILES string of the molecule is [CH2+]C(=O)NCCNc1ncc2cc(C3C=CC(C)=CC3)c(C3=CCC(C4([NH3+])CCC4)C=C3)nc2n1. The number of anilines is 1. The molecule has 1 saturated carbocycles. The van der Waals surface area contributed by atoms with Crippen LogP contribution in [0.25, 0.3) is 16.6 Å². The van der Waals surface area contributed by atoms with Gasteiger partial charge in [0.1, 0.15) is 5.54 Å². The Bertz CT molecular complexity index is 1250. The lowest BCUT2D eigenvalue weighted by atomic mass is 9.66. The van der Waals surface area contributed by atoms with Crippen LogP contribution in [0.4, 0.5) is 5.95 Å². The first-order valence-corrected chi connectivity index (χ1v) is 12.5. The summed E-state index contributed by atoms with van der Waals surface area (Å²) in [5.41, 5.74) is 10.1. The van der Waals surface area contributed by atoms with Crippen LogP contribution in [-0.4, -0.2) is 39.5 Å². The van der Waals surface area contributed by atoms with Gasteiger partial charge >= 0.3 is 5.91 Å². The molecule has 0 aromatic carbocycles. The quantitative estimate of drug-likeness (QED) is 0.424. The van der Waals surface area contributed by atoms with Crippen LogP contribution < -0.4 is 16.4 Å². The predicted molar refractivity (Wildman–Crippen MR) is 139 cm³/mol. The number of rotatable bonds is 7. The van der Waals surface area contributed by atoms with Gasteiger partial charge in [0.25, 0.3) is 0 Å². The molecule has 7 heteroatoms. The molecule has 2 unspecified atom stereocenters. The van der Waals surface area contributed by atoms with Crippen LogP contribution >= 0.6 is 0 Å². The summed E-state index contributed by atoms with van der Waals surface area (Å²) >= 11 is 0. The van der Waals surface area contributed by atoms with Gasteiger partial charge in [-0.25, -0.2) is 14.8 Å². The van der Waals surface area contributed by atoms with E-state index in [1.807, 2.05) is 6.20 Å². The maximum Gasteiger partial charge on any atom is 0.399 e. The fourth-order valence-electron chi connectivity index (χ4n) is 5.16. The number of pyridine rings is 1. The Hall–Kier alpha value is -3.45. The lowest BCUT2D eigenvalue weighted by Gasteiger charge is -2.40. The average Bonchev–Trinajstić information content (AvgIpc) is 2.85.